The predicted molar refractivity (Wildman–Crippen MR) is 60.3 cm³/mol. The van der Waals surface area contributed by atoms with Crippen LogP contribution < -0.4 is 5.32 Å². The summed E-state index contributed by atoms with van der Waals surface area (Å²) in [7, 11) is 0. The Balaban J connectivity index is 2.50. The minimum absolute atomic E-state index is 0.238. The zero-order valence-electron chi connectivity index (χ0n) is 9.68. The third kappa shape index (κ3) is 2.96. The largest absolute Gasteiger partial charge is 0.396 e. The Morgan fingerprint density at radius 1 is 1.21 bits per heavy atom. The first kappa shape index (κ1) is 12.0. The molecule has 0 radical (unpaired) electrons. The van der Waals surface area contributed by atoms with Crippen LogP contribution in [0.5, 0.6) is 0 Å². The van der Waals surface area contributed by atoms with E-state index < -0.39 is 0 Å². The molecule has 0 amide bonds. The quantitative estimate of drug-likeness (QED) is 0.711. The van der Waals surface area contributed by atoms with Crippen LogP contribution in [-0.4, -0.2) is 24.8 Å². The van der Waals surface area contributed by atoms with Crippen molar-refractivity contribution in [2.45, 2.75) is 46.0 Å². The van der Waals surface area contributed by atoms with Gasteiger partial charge in [-0.1, -0.05) is 26.7 Å². The lowest BCUT2D eigenvalue weighted by atomic mass is 9.72. The van der Waals surface area contributed by atoms with E-state index in [0.717, 1.165) is 31.8 Å². The fourth-order valence-corrected chi connectivity index (χ4v) is 2.57. The summed E-state index contributed by atoms with van der Waals surface area (Å²) in [6, 6.07) is 0. The van der Waals surface area contributed by atoms with Gasteiger partial charge in [-0.15, -0.1) is 0 Å². The average molecular weight is 199 g/mol. The van der Waals surface area contributed by atoms with E-state index in [1.54, 1.807) is 0 Å². The van der Waals surface area contributed by atoms with Crippen molar-refractivity contribution in [3.05, 3.63) is 0 Å². The molecule has 1 aliphatic heterocycles. The molecule has 0 aromatic heterocycles. The van der Waals surface area contributed by atoms with Crippen molar-refractivity contribution in [2.24, 2.45) is 11.3 Å². The minimum Gasteiger partial charge on any atom is -0.396 e. The topological polar surface area (TPSA) is 32.3 Å². The fraction of sp³-hybridized carbons (Fsp3) is 1.00. The highest BCUT2D eigenvalue weighted by Gasteiger charge is 2.32. The molecule has 1 aliphatic rings. The molecule has 1 rings (SSSR count). The second kappa shape index (κ2) is 5.72. The van der Waals surface area contributed by atoms with Gasteiger partial charge in [0.2, 0.25) is 0 Å². The summed E-state index contributed by atoms with van der Waals surface area (Å²) in [6.07, 6.45) is 6.04. The molecule has 0 saturated carbocycles. The fourth-order valence-electron chi connectivity index (χ4n) is 2.57. The molecule has 2 N–H and O–H groups in total. The molecule has 2 nitrogen and oxygen atoms in total. The van der Waals surface area contributed by atoms with Gasteiger partial charge in [0, 0.05) is 6.61 Å². The lowest BCUT2D eigenvalue weighted by molar-refractivity contribution is 0.0613. The highest BCUT2D eigenvalue weighted by atomic mass is 16.3. The van der Waals surface area contributed by atoms with Crippen LogP contribution in [0.25, 0.3) is 0 Å². The van der Waals surface area contributed by atoms with E-state index in [0.29, 0.717) is 6.61 Å². The van der Waals surface area contributed by atoms with Crippen LogP contribution in [-0.2, 0) is 0 Å². The van der Waals surface area contributed by atoms with Gasteiger partial charge in [0.15, 0.2) is 0 Å². The Morgan fingerprint density at radius 2 is 1.79 bits per heavy atom. The third-order valence-corrected chi connectivity index (χ3v) is 3.88. The van der Waals surface area contributed by atoms with E-state index in [4.69, 9.17) is 0 Å². The lowest BCUT2D eigenvalue weighted by Crippen LogP contribution is -2.40. The molecular weight excluding hydrogens is 174 g/mol. The molecule has 1 heterocycles. The van der Waals surface area contributed by atoms with E-state index in [1.165, 1.54) is 19.3 Å². The number of piperidine rings is 1. The molecule has 0 aliphatic carbocycles. The van der Waals surface area contributed by atoms with Gasteiger partial charge in [0.1, 0.15) is 0 Å². The first-order valence-electron chi connectivity index (χ1n) is 6.08. The van der Waals surface area contributed by atoms with Gasteiger partial charge >= 0.3 is 0 Å². The standard InChI is InChI=1S/C12H25NO/c1-3-11(4-2)9-12(10-14)5-7-13-8-6-12/h11,13-14H,3-10H2,1-2H3. The molecule has 2 heteroatoms. The molecule has 0 atom stereocenters. The maximum Gasteiger partial charge on any atom is 0.0488 e. The van der Waals surface area contributed by atoms with Gasteiger partial charge in [-0.05, 0) is 43.7 Å². The Bertz CT molecular complexity index is 148. The van der Waals surface area contributed by atoms with Gasteiger partial charge in [-0.2, -0.15) is 0 Å². The first-order valence-corrected chi connectivity index (χ1v) is 6.08. The Hall–Kier alpha value is -0.0800. The molecule has 1 fully saturated rings. The first-order chi connectivity index (χ1) is 6.76. The van der Waals surface area contributed by atoms with Crippen molar-refractivity contribution in [1.29, 1.82) is 0 Å². The van der Waals surface area contributed by atoms with E-state index in [9.17, 15) is 5.11 Å². The number of aliphatic hydroxyl groups is 1. The van der Waals surface area contributed by atoms with E-state index in [-0.39, 0.29) is 5.41 Å². The summed E-state index contributed by atoms with van der Waals surface area (Å²) < 4.78 is 0. The Morgan fingerprint density at radius 3 is 2.21 bits per heavy atom. The number of aliphatic hydroxyl groups excluding tert-OH is 1. The van der Waals surface area contributed by atoms with Crippen LogP contribution in [0.2, 0.25) is 0 Å². The maximum atomic E-state index is 9.55. The van der Waals surface area contributed by atoms with Crippen LogP contribution in [0.3, 0.4) is 0 Å². The number of nitrogens with one attached hydrogen (secondary N) is 1. The second-order valence-corrected chi connectivity index (χ2v) is 4.79. The van der Waals surface area contributed by atoms with Crippen LogP contribution in [0.4, 0.5) is 0 Å². The van der Waals surface area contributed by atoms with Gasteiger partial charge in [0.05, 0.1) is 0 Å². The monoisotopic (exact) mass is 199 g/mol. The van der Waals surface area contributed by atoms with E-state index >= 15 is 0 Å². The number of hydrogen-bond donors (Lipinski definition) is 2. The predicted octanol–water partition coefficient (Wildman–Crippen LogP) is 2.17. The average Bonchev–Trinajstić information content (AvgIpc) is 2.27. The van der Waals surface area contributed by atoms with Crippen LogP contribution in [0.15, 0.2) is 0 Å². The van der Waals surface area contributed by atoms with Crippen molar-refractivity contribution in [2.75, 3.05) is 19.7 Å². The zero-order chi connectivity index (χ0) is 10.4. The number of rotatable bonds is 5. The smallest absolute Gasteiger partial charge is 0.0488 e. The third-order valence-electron chi connectivity index (χ3n) is 3.88. The minimum atomic E-state index is 0.238. The molecule has 0 aromatic rings. The van der Waals surface area contributed by atoms with Crippen molar-refractivity contribution >= 4 is 0 Å². The summed E-state index contributed by atoms with van der Waals surface area (Å²) in [6.45, 7) is 7.08. The van der Waals surface area contributed by atoms with Gasteiger partial charge in [0.25, 0.3) is 0 Å². The van der Waals surface area contributed by atoms with Crippen LogP contribution in [0, 0.1) is 11.3 Å². The molecule has 0 unspecified atom stereocenters. The molecular formula is C12H25NO. The molecule has 14 heavy (non-hydrogen) atoms. The maximum absolute atomic E-state index is 9.55. The zero-order valence-corrected chi connectivity index (χ0v) is 9.68. The summed E-state index contributed by atoms with van der Waals surface area (Å²) in [4.78, 5) is 0. The highest BCUT2D eigenvalue weighted by molar-refractivity contribution is 4.85. The van der Waals surface area contributed by atoms with Crippen molar-refractivity contribution in [3.63, 3.8) is 0 Å². The summed E-state index contributed by atoms with van der Waals surface area (Å²) >= 11 is 0. The molecule has 1 saturated heterocycles. The Kier molecular flexibility index (Phi) is 4.90. The van der Waals surface area contributed by atoms with Crippen LogP contribution >= 0.6 is 0 Å². The Labute approximate surface area is 88.1 Å². The number of hydrogen-bond acceptors (Lipinski definition) is 2. The summed E-state index contributed by atoms with van der Waals surface area (Å²) in [5.74, 6) is 0.806. The van der Waals surface area contributed by atoms with Gasteiger partial charge in [-0.3, -0.25) is 0 Å². The summed E-state index contributed by atoms with van der Waals surface area (Å²) in [5.41, 5.74) is 0.238. The normalized spacial score (nSPS) is 21.4. The highest BCUT2D eigenvalue weighted by Crippen LogP contribution is 2.37. The van der Waals surface area contributed by atoms with Gasteiger partial charge < -0.3 is 10.4 Å². The summed E-state index contributed by atoms with van der Waals surface area (Å²) in [5, 5.41) is 12.9. The van der Waals surface area contributed by atoms with E-state index in [2.05, 4.69) is 19.2 Å². The van der Waals surface area contributed by atoms with Crippen LogP contribution in [0.1, 0.15) is 46.0 Å². The van der Waals surface area contributed by atoms with Crippen molar-refractivity contribution < 1.29 is 5.11 Å². The second-order valence-electron chi connectivity index (χ2n) is 4.79. The van der Waals surface area contributed by atoms with Gasteiger partial charge in [-0.25, -0.2) is 0 Å². The molecule has 0 aromatic carbocycles. The molecule has 0 bridgehead atoms. The molecule has 0 spiro atoms. The van der Waals surface area contributed by atoms with Crippen molar-refractivity contribution in [3.8, 4) is 0 Å². The SMILES string of the molecule is CCC(CC)CC1(CO)CCNCC1. The molecule has 84 valence electrons. The lowest BCUT2D eigenvalue weighted by Gasteiger charge is -2.38. The van der Waals surface area contributed by atoms with E-state index in [1.807, 2.05) is 0 Å². The van der Waals surface area contributed by atoms with Crippen molar-refractivity contribution in [1.82, 2.24) is 5.32 Å².